The normalized spacial score (nSPS) is 21.1. The topological polar surface area (TPSA) is 114 Å². The molecule has 3 saturated heterocycles. The first-order valence-electron chi connectivity index (χ1n) is 16.8. The summed E-state index contributed by atoms with van der Waals surface area (Å²) in [4.78, 5) is 48.6. The molecule has 3 fully saturated rings. The van der Waals surface area contributed by atoms with Gasteiger partial charge in [0.05, 0.1) is 22.9 Å². The van der Waals surface area contributed by atoms with Crippen LogP contribution in [0.1, 0.15) is 48.8 Å². The molecule has 262 valence electrons. The number of rotatable bonds is 7. The molecule has 15 heteroatoms. The number of piperidine rings is 2. The number of alkyl halides is 3. The second-order valence-corrected chi connectivity index (χ2v) is 14.9. The van der Waals surface area contributed by atoms with Crippen LogP contribution in [0.3, 0.4) is 0 Å². The molecule has 2 aromatic rings. The number of hydrogen-bond donors (Lipinski definition) is 3. The second kappa shape index (κ2) is 14.9. The molecule has 4 amide bonds. The Morgan fingerprint density at radius 2 is 1.62 bits per heavy atom. The smallest absolute Gasteiger partial charge is 0.397 e. The zero-order valence-corrected chi connectivity index (χ0v) is 29.3. The monoisotopic (exact) mass is 753 g/mol. The largest absolute Gasteiger partial charge is 0.418 e. The van der Waals surface area contributed by atoms with Crippen molar-refractivity contribution in [3.8, 4) is 0 Å². The van der Waals surface area contributed by atoms with E-state index in [-0.39, 0.29) is 41.2 Å². The van der Waals surface area contributed by atoms with E-state index in [0.717, 1.165) is 62.8 Å². The molecule has 5 heterocycles. The van der Waals surface area contributed by atoms with Crippen LogP contribution in [0.4, 0.5) is 29.3 Å². The van der Waals surface area contributed by atoms with Crippen molar-refractivity contribution in [2.45, 2.75) is 63.2 Å². The number of nitrogens with two attached hydrogens (primary N) is 1. The maximum Gasteiger partial charge on any atom is 0.418 e. The third kappa shape index (κ3) is 7.95. The van der Waals surface area contributed by atoms with Gasteiger partial charge < -0.3 is 31.1 Å². The third-order valence-electron chi connectivity index (χ3n) is 10.3. The van der Waals surface area contributed by atoms with Crippen molar-refractivity contribution in [1.82, 2.24) is 24.9 Å². The zero-order valence-electron chi connectivity index (χ0n) is 26.9. The summed E-state index contributed by atoms with van der Waals surface area (Å²) in [7, 11) is 0. The average Bonchev–Trinajstić information content (AvgIpc) is 3.45. The number of thiophene rings is 1. The maximum atomic E-state index is 14.1. The molecule has 0 aliphatic carbocycles. The molecule has 0 unspecified atom stereocenters. The van der Waals surface area contributed by atoms with E-state index in [1.807, 2.05) is 10.3 Å². The van der Waals surface area contributed by atoms with Gasteiger partial charge in [-0.05, 0) is 83.1 Å². The lowest BCUT2D eigenvalue weighted by Gasteiger charge is -2.41. The molecule has 4 aliphatic rings. The number of piperazine rings is 1. The van der Waals surface area contributed by atoms with Crippen molar-refractivity contribution in [1.29, 1.82) is 0 Å². The van der Waals surface area contributed by atoms with E-state index < -0.39 is 23.3 Å². The third-order valence-corrected chi connectivity index (χ3v) is 11.8. The molecule has 48 heavy (non-hydrogen) atoms. The summed E-state index contributed by atoms with van der Waals surface area (Å²) in [5, 5.41) is 10.4. The lowest BCUT2D eigenvalue weighted by molar-refractivity contribution is -0.143. The molecular weight excluding hydrogens is 711 g/mol. The van der Waals surface area contributed by atoms with Crippen LogP contribution in [0.2, 0.25) is 0 Å². The number of benzene rings is 1. The number of nitrogen functional groups attached to an aromatic ring is 1. The van der Waals surface area contributed by atoms with Crippen molar-refractivity contribution in [3.05, 3.63) is 44.1 Å². The predicted octanol–water partition coefficient (Wildman–Crippen LogP) is 4.64. The first-order valence-corrected chi connectivity index (χ1v) is 18.5. The number of likely N-dealkylation sites (tertiary alicyclic amines) is 2. The second-order valence-electron chi connectivity index (χ2n) is 13.3. The van der Waals surface area contributed by atoms with Crippen LogP contribution in [-0.2, 0) is 28.6 Å². The Kier molecular flexibility index (Phi) is 10.9. The van der Waals surface area contributed by atoms with Gasteiger partial charge in [0.1, 0.15) is 0 Å². The van der Waals surface area contributed by atoms with Gasteiger partial charge in [-0.2, -0.15) is 13.2 Å². The summed E-state index contributed by atoms with van der Waals surface area (Å²) in [6.45, 7) is 6.41. The van der Waals surface area contributed by atoms with Gasteiger partial charge >= 0.3 is 12.2 Å². The molecule has 1 aromatic heterocycles. The number of urea groups is 1. The van der Waals surface area contributed by atoms with Crippen molar-refractivity contribution < 1.29 is 27.6 Å². The van der Waals surface area contributed by atoms with E-state index in [0.29, 0.717) is 57.2 Å². The number of halogens is 4. The van der Waals surface area contributed by atoms with Crippen molar-refractivity contribution in [2.75, 3.05) is 70.0 Å². The standard InChI is InChI=1S/C33H43BrF3N7O3S/c34-27-17-21(16-26(30(27)38)33(35,36)37)15-23(31(46)43-10-2-24(3-11-43)41-13-6-39-7-14-41)18-29(45)42-8-4-25(5-9-42)44-12-1-22-19-48-20-28(22)40-32(44)47/h16-17,19-20,23-25,39H,1-15,18,38H2,(H,40,47)/t23-/m0/s1. The lowest BCUT2D eigenvalue weighted by Crippen LogP contribution is -2.53. The number of nitrogens with zero attached hydrogens (tertiary/aromatic N) is 4. The Morgan fingerprint density at radius 3 is 2.31 bits per heavy atom. The van der Waals surface area contributed by atoms with Gasteiger partial charge in [-0.15, -0.1) is 11.3 Å². The number of carbonyl (C=O) groups excluding carboxylic acids is 3. The quantitative estimate of drug-likeness (QED) is 0.356. The summed E-state index contributed by atoms with van der Waals surface area (Å²) in [5.41, 5.74) is 6.67. The van der Waals surface area contributed by atoms with E-state index in [2.05, 4.69) is 36.8 Å². The van der Waals surface area contributed by atoms with Gasteiger partial charge in [-0.25, -0.2) is 4.79 Å². The SMILES string of the molecule is Nc1c(Br)cc(C[C@@H](CC(=O)N2CCC(N3CCc4cscc4NC3=O)CC2)C(=O)N2CCC(N3CCNCC3)CC2)cc1C(F)(F)F. The molecule has 4 N–H and O–H groups in total. The Bertz CT molecular complexity index is 1490. The molecule has 0 saturated carbocycles. The van der Waals surface area contributed by atoms with Crippen molar-refractivity contribution in [3.63, 3.8) is 0 Å². The van der Waals surface area contributed by atoms with E-state index in [4.69, 9.17) is 5.73 Å². The minimum atomic E-state index is -4.66. The minimum Gasteiger partial charge on any atom is -0.397 e. The van der Waals surface area contributed by atoms with Crippen LogP contribution >= 0.6 is 27.3 Å². The van der Waals surface area contributed by atoms with Gasteiger partial charge in [0.15, 0.2) is 0 Å². The summed E-state index contributed by atoms with van der Waals surface area (Å²) in [5.74, 6) is -1.22. The van der Waals surface area contributed by atoms with Gasteiger partial charge in [-0.3, -0.25) is 14.5 Å². The van der Waals surface area contributed by atoms with E-state index in [9.17, 15) is 27.6 Å². The molecule has 10 nitrogen and oxygen atoms in total. The molecule has 6 rings (SSSR count). The molecule has 0 radical (unpaired) electrons. The highest BCUT2D eigenvalue weighted by molar-refractivity contribution is 9.10. The number of amides is 4. The summed E-state index contributed by atoms with van der Waals surface area (Å²) in [6.07, 6.45) is -1.14. The fourth-order valence-corrected chi connectivity index (χ4v) is 8.92. The summed E-state index contributed by atoms with van der Waals surface area (Å²) in [6, 6.07) is 2.76. The summed E-state index contributed by atoms with van der Waals surface area (Å²) < 4.78 is 41.6. The van der Waals surface area contributed by atoms with Crippen LogP contribution in [0.25, 0.3) is 0 Å². The van der Waals surface area contributed by atoms with Gasteiger partial charge in [-0.1, -0.05) is 0 Å². The number of hydrogen-bond acceptors (Lipinski definition) is 7. The van der Waals surface area contributed by atoms with E-state index in [1.165, 1.54) is 6.07 Å². The molecule has 1 atom stereocenters. The molecule has 0 spiro atoms. The molecule has 1 aromatic carbocycles. The number of anilines is 2. The van der Waals surface area contributed by atoms with Crippen LogP contribution in [0, 0.1) is 5.92 Å². The number of fused-ring (bicyclic) bond motifs is 1. The summed E-state index contributed by atoms with van der Waals surface area (Å²) >= 11 is 4.73. The first-order chi connectivity index (χ1) is 23.0. The zero-order chi connectivity index (χ0) is 34.0. The van der Waals surface area contributed by atoms with Crippen molar-refractivity contribution >= 4 is 56.5 Å². The predicted molar refractivity (Wildman–Crippen MR) is 183 cm³/mol. The fourth-order valence-electron chi connectivity index (χ4n) is 7.59. The van der Waals surface area contributed by atoms with Crippen LogP contribution in [-0.4, -0.2) is 108 Å². The number of carbonyl (C=O) groups is 3. The fraction of sp³-hybridized carbons (Fsp3) is 0.606. The average molecular weight is 755 g/mol. The van der Waals surface area contributed by atoms with Crippen molar-refractivity contribution in [2.24, 2.45) is 5.92 Å². The van der Waals surface area contributed by atoms with Gasteiger partial charge in [0.25, 0.3) is 0 Å². The minimum absolute atomic E-state index is 0.0101. The Hall–Kier alpha value is -2.88. The van der Waals surface area contributed by atoms with Gasteiger partial charge in [0.2, 0.25) is 11.8 Å². The van der Waals surface area contributed by atoms with Crippen LogP contribution in [0.15, 0.2) is 27.4 Å². The Labute approximate surface area is 291 Å². The first kappa shape index (κ1) is 35.0. The maximum absolute atomic E-state index is 14.1. The van der Waals surface area contributed by atoms with E-state index in [1.54, 1.807) is 21.1 Å². The van der Waals surface area contributed by atoms with Crippen LogP contribution < -0.4 is 16.4 Å². The highest BCUT2D eigenvalue weighted by Gasteiger charge is 2.37. The van der Waals surface area contributed by atoms with Gasteiger partial charge in [0, 0.05) is 87.3 Å². The highest BCUT2D eigenvalue weighted by atomic mass is 79.9. The molecule has 0 bridgehead atoms. The van der Waals surface area contributed by atoms with E-state index >= 15 is 0 Å². The Morgan fingerprint density at radius 1 is 0.958 bits per heavy atom. The number of nitrogens with one attached hydrogen (secondary N) is 2. The lowest BCUT2D eigenvalue weighted by atomic mass is 9.91. The molecule has 4 aliphatic heterocycles. The Balaban J connectivity index is 1.12. The highest BCUT2D eigenvalue weighted by Crippen LogP contribution is 2.39. The molecular formula is C33H43BrF3N7O3S. The van der Waals surface area contributed by atoms with Crippen LogP contribution in [0.5, 0.6) is 0 Å².